The molecule has 1 atom stereocenters. The van der Waals surface area contributed by atoms with Crippen LogP contribution in [0.4, 0.5) is 0 Å². The maximum absolute atomic E-state index is 6.32. The van der Waals surface area contributed by atoms with E-state index in [0.717, 1.165) is 5.92 Å². The molecule has 0 bridgehead atoms. The van der Waals surface area contributed by atoms with Crippen LogP contribution in [0.1, 0.15) is 40.6 Å². The molecule has 0 amide bonds. The fourth-order valence-corrected chi connectivity index (χ4v) is 4.84. The molecule has 3 heteroatoms. The van der Waals surface area contributed by atoms with Crippen molar-refractivity contribution in [2.75, 3.05) is 5.75 Å². The van der Waals surface area contributed by atoms with Crippen molar-refractivity contribution in [2.45, 2.75) is 37.5 Å². The number of nitrogens with two attached hydrogens (primary N) is 1. The first-order valence-electron chi connectivity index (χ1n) is 5.79. The Morgan fingerprint density at radius 3 is 2.93 bits per heavy atom. The van der Waals surface area contributed by atoms with E-state index in [-0.39, 0.29) is 0 Å². The van der Waals surface area contributed by atoms with Crippen molar-refractivity contribution < 1.29 is 0 Å². The van der Waals surface area contributed by atoms with Gasteiger partial charge in [-0.2, -0.15) is 11.8 Å². The van der Waals surface area contributed by atoms with Crippen LogP contribution < -0.4 is 5.73 Å². The van der Waals surface area contributed by atoms with E-state index in [9.17, 15) is 0 Å². The molecule has 1 nitrogen and oxygen atoms in total. The van der Waals surface area contributed by atoms with Crippen LogP contribution in [-0.4, -0.2) is 5.75 Å². The number of fused-ring (bicyclic) bond motifs is 1. The lowest BCUT2D eigenvalue weighted by Crippen LogP contribution is -2.25. The summed E-state index contributed by atoms with van der Waals surface area (Å²) in [4.78, 5) is 3.06. The van der Waals surface area contributed by atoms with E-state index in [4.69, 9.17) is 5.73 Å². The number of thiophene rings is 1. The summed E-state index contributed by atoms with van der Waals surface area (Å²) in [5.41, 5.74) is 7.89. The van der Waals surface area contributed by atoms with Crippen LogP contribution in [0.15, 0.2) is 6.07 Å². The average molecular weight is 239 g/mol. The minimum absolute atomic E-state index is 0.333. The third-order valence-corrected chi connectivity index (χ3v) is 5.98. The summed E-state index contributed by atoms with van der Waals surface area (Å²) in [6.07, 6.45) is 5.35. The quantitative estimate of drug-likeness (QED) is 0.856. The fourth-order valence-electron chi connectivity index (χ4n) is 2.37. The zero-order valence-corrected chi connectivity index (χ0v) is 10.5. The van der Waals surface area contributed by atoms with Gasteiger partial charge in [0.25, 0.3) is 0 Å². The highest BCUT2D eigenvalue weighted by Gasteiger charge is 2.27. The van der Waals surface area contributed by atoms with E-state index >= 15 is 0 Å². The second kappa shape index (κ2) is 4.11. The van der Waals surface area contributed by atoms with Crippen LogP contribution in [0.25, 0.3) is 0 Å². The molecule has 1 aromatic heterocycles. The second-order valence-electron chi connectivity index (χ2n) is 4.62. The van der Waals surface area contributed by atoms with Crippen molar-refractivity contribution in [3.05, 3.63) is 21.4 Å². The Morgan fingerprint density at radius 1 is 1.40 bits per heavy atom. The molecule has 15 heavy (non-hydrogen) atoms. The Balaban J connectivity index is 1.82. The molecule has 1 unspecified atom stereocenters. The van der Waals surface area contributed by atoms with E-state index in [1.807, 2.05) is 11.3 Å². The molecule has 1 fully saturated rings. The first kappa shape index (κ1) is 10.2. The van der Waals surface area contributed by atoms with Gasteiger partial charge >= 0.3 is 0 Å². The largest absolute Gasteiger partial charge is 0.323 e. The zero-order chi connectivity index (χ0) is 10.3. The molecular formula is C12H17NS2. The average Bonchev–Trinajstić information content (AvgIpc) is 2.58. The molecule has 2 aliphatic rings. The van der Waals surface area contributed by atoms with Gasteiger partial charge in [-0.15, -0.1) is 11.3 Å². The minimum Gasteiger partial charge on any atom is -0.323 e. The van der Waals surface area contributed by atoms with Gasteiger partial charge in [0, 0.05) is 21.5 Å². The molecule has 1 saturated carbocycles. The molecule has 0 saturated heterocycles. The summed E-state index contributed by atoms with van der Waals surface area (Å²) in [6.45, 7) is 0. The third kappa shape index (κ3) is 1.85. The predicted octanol–water partition coefficient (Wildman–Crippen LogP) is 3.34. The molecule has 0 spiro atoms. The molecule has 2 heterocycles. The number of rotatable bonds is 2. The Morgan fingerprint density at radius 2 is 2.27 bits per heavy atom. The van der Waals surface area contributed by atoms with Crippen LogP contribution in [0, 0.1) is 5.92 Å². The van der Waals surface area contributed by atoms with Crippen molar-refractivity contribution in [1.82, 2.24) is 0 Å². The number of aryl methyl sites for hydroxylation is 1. The molecule has 82 valence electrons. The molecule has 1 aliphatic carbocycles. The number of thioether (sulfide) groups is 1. The van der Waals surface area contributed by atoms with Gasteiger partial charge in [0.15, 0.2) is 0 Å². The number of hydrogen-bond acceptors (Lipinski definition) is 3. The topological polar surface area (TPSA) is 26.0 Å². The Labute approximate surface area is 99.4 Å². The van der Waals surface area contributed by atoms with Crippen molar-refractivity contribution >= 4 is 23.1 Å². The zero-order valence-electron chi connectivity index (χ0n) is 8.87. The highest BCUT2D eigenvalue weighted by atomic mass is 32.2. The van der Waals surface area contributed by atoms with Gasteiger partial charge in [-0.1, -0.05) is 6.42 Å². The molecule has 1 aliphatic heterocycles. The van der Waals surface area contributed by atoms with Crippen molar-refractivity contribution in [1.29, 1.82) is 0 Å². The first-order chi connectivity index (χ1) is 7.34. The third-order valence-electron chi connectivity index (χ3n) is 3.63. The Bertz CT molecular complexity index is 331. The summed E-state index contributed by atoms with van der Waals surface area (Å²) in [7, 11) is 0. The summed E-state index contributed by atoms with van der Waals surface area (Å²) in [5.74, 6) is 3.28. The van der Waals surface area contributed by atoms with Crippen molar-refractivity contribution in [3.8, 4) is 0 Å². The summed E-state index contributed by atoms with van der Waals surface area (Å²) < 4.78 is 0. The van der Waals surface area contributed by atoms with Crippen LogP contribution >= 0.6 is 23.1 Å². The van der Waals surface area contributed by atoms with E-state index in [1.54, 1.807) is 10.4 Å². The van der Waals surface area contributed by atoms with Gasteiger partial charge in [0.2, 0.25) is 0 Å². The van der Waals surface area contributed by atoms with Crippen LogP contribution in [-0.2, 0) is 12.2 Å². The van der Waals surface area contributed by atoms with E-state index in [1.165, 1.54) is 42.1 Å². The maximum atomic E-state index is 6.32. The summed E-state index contributed by atoms with van der Waals surface area (Å²) >= 11 is 4.04. The van der Waals surface area contributed by atoms with Crippen LogP contribution in [0.2, 0.25) is 0 Å². The second-order valence-corrected chi connectivity index (χ2v) is 6.89. The van der Waals surface area contributed by atoms with Gasteiger partial charge in [-0.3, -0.25) is 0 Å². The Kier molecular flexibility index (Phi) is 2.79. The van der Waals surface area contributed by atoms with Gasteiger partial charge < -0.3 is 5.73 Å². The molecule has 0 aromatic carbocycles. The lowest BCUT2D eigenvalue weighted by molar-refractivity contribution is 0.267. The van der Waals surface area contributed by atoms with E-state index in [0.29, 0.717) is 6.04 Å². The van der Waals surface area contributed by atoms with E-state index < -0.39 is 0 Å². The smallest absolute Gasteiger partial charge is 0.0418 e. The lowest BCUT2D eigenvalue weighted by Gasteiger charge is -2.30. The van der Waals surface area contributed by atoms with Crippen LogP contribution in [0.5, 0.6) is 0 Å². The molecule has 2 N–H and O–H groups in total. The monoisotopic (exact) mass is 239 g/mol. The van der Waals surface area contributed by atoms with Gasteiger partial charge in [0.05, 0.1) is 0 Å². The first-order valence-corrected chi connectivity index (χ1v) is 7.76. The van der Waals surface area contributed by atoms with E-state index in [2.05, 4.69) is 17.8 Å². The fraction of sp³-hybridized carbons (Fsp3) is 0.667. The summed E-state index contributed by atoms with van der Waals surface area (Å²) in [5, 5.41) is 0. The Hall–Kier alpha value is 0.01000. The molecular weight excluding hydrogens is 222 g/mol. The van der Waals surface area contributed by atoms with Crippen LogP contribution in [0.3, 0.4) is 0 Å². The minimum atomic E-state index is 0.333. The summed E-state index contributed by atoms with van der Waals surface area (Å²) in [6, 6.07) is 2.72. The van der Waals surface area contributed by atoms with Gasteiger partial charge in [0.1, 0.15) is 0 Å². The normalized spacial score (nSPS) is 23.3. The van der Waals surface area contributed by atoms with Crippen molar-refractivity contribution in [2.24, 2.45) is 11.7 Å². The lowest BCUT2D eigenvalue weighted by atomic mass is 9.79. The predicted molar refractivity (Wildman–Crippen MR) is 68.5 cm³/mol. The highest BCUT2D eigenvalue weighted by molar-refractivity contribution is 7.98. The maximum Gasteiger partial charge on any atom is 0.0418 e. The van der Waals surface area contributed by atoms with Gasteiger partial charge in [-0.25, -0.2) is 0 Å². The van der Waals surface area contributed by atoms with Gasteiger partial charge in [-0.05, 0) is 42.6 Å². The molecule has 3 rings (SSSR count). The highest BCUT2D eigenvalue weighted by Crippen LogP contribution is 2.41. The standard InChI is InChI=1S/C12H17NS2/c13-12(8-2-1-3-8)11-6-9-7-14-5-4-10(9)15-11/h6,8,12H,1-5,7,13H2. The SMILES string of the molecule is NC(c1cc2c(s1)CCSC2)C1CCC1. The molecule has 0 radical (unpaired) electrons. The van der Waals surface area contributed by atoms with Crippen molar-refractivity contribution in [3.63, 3.8) is 0 Å². The molecule has 1 aromatic rings. The number of hydrogen-bond donors (Lipinski definition) is 1.